The molecule has 0 radical (unpaired) electrons. The Hall–Kier alpha value is -1.13. The molecule has 64 valence electrons. The summed E-state index contributed by atoms with van der Waals surface area (Å²) in [7, 11) is 0. The molecule has 0 saturated carbocycles. The van der Waals surface area contributed by atoms with Crippen molar-refractivity contribution in [2.75, 3.05) is 13.2 Å². The lowest BCUT2D eigenvalue weighted by Gasteiger charge is -2.37. The predicted molar refractivity (Wildman–Crippen MR) is 43.7 cm³/mol. The molecule has 12 heavy (non-hydrogen) atoms. The van der Waals surface area contributed by atoms with Gasteiger partial charge in [0.25, 0.3) is 5.56 Å². The molecule has 0 bridgehead atoms. The second kappa shape index (κ2) is 2.43. The van der Waals surface area contributed by atoms with Gasteiger partial charge in [0.15, 0.2) is 0 Å². The van der Waals surface area contributed by atoms with E-state index in [-0.39, 0.29) is 5.56 Å². The number of nitrogens with two attached hydrogens (primary N) is 1. The second-order valence-electron chi connectivity index (χ2n) is 3.06. The molecular formula is C8H10N2O2. The van der Waals surface area contributed by atoms with Crippen molar-refractivity contribution < 1.29 is 4.74 Å². The van der Waals surface area contributed by atoms with Crippen LogP contribution >= 0.6 is 0 Å². The summed E-state index contributed by atoms with van der Waals surface area (Å²) < 4.78 is 4.97. The Morgan fingerprint density at radius 3 is 2.83 bits per heavy atom. The highest BCUT2D eigenvalue weighted by molar-refractivity contribution is 5.22. The number of rotatable bonds is 1. The zero-order valence-corrected chi connectivity index (χ0v) is 6.54. The number of hydrogen-bond donors (Lipinski definition) is 2. The Bertz CT molecular complexity index is 341. The molecule has 1 saturated heterocycles. The first-order valence-electron chi connectivity index (χ1n) is 3.77. The summed E-state index contributed by atoms with van der Waals surface area (Å²) in [5.74, 6) is 0. The molecule has 0 amide bonds. The van der Waals surface area contributed by atoms with Crippen molar-refractivity contribution in [1.29, 1.82) is 0 Å². The number of hydrogen-bond acceptors (Lipinski definition) is 3. The number of aromatic nitrogens is 1. The molecule has 1 aromatic rings. The van der Waals surface area contributed by atoms with Gasteiger partial charge in [-0.2, -0.15) is 0 Å². The summed E-state index contributed by atoms with van der Waals surface area (Å²) in [5, 5.41) is 0. The Morgan fingerprint density at radius 2 is 2.33 bits per heavy atom. The standard InChI is InChI=1S/C8H10N2O2/c9-8(4-12-5-8)6-2-1-3-10-7(6)11/h1-3H,4-5,9H2,(H,10,11). The SMILES string of the molecule is NC1(c2ccc[nH]c2=O)COC1. The van der Waals surface area contributed by atoms with Crippen LogP contribution in [0.5, 0.6) is 0 Å². The van der Waals surface area contributed by atoms with Crippen LogP contribution in [-0.4, -0.2) is 18.2 Å². The van der Waals surface area contributed by atoms with E-state index in [0.717, 1.165) is 0 Å². The van der Waals surface area contributed by atoms with E-state index in [2.05, 4.69) is 4.98 Å². The molecule has 0 spiro atoms. The van der Waals surface area contributed by atoms with Gasteiger partial charge in [0.1, 0.15) is 0 Å². The third kappa shape index (κ3) is 0.964. The van der Waals surface area contributed by atoms with Crippen molar-refractivity contribution in [3.63, 3.8) is 0 Å². The van der Waals surface area contributed by atoms with Gasteiger partial charge < -0.3 is 15.5 Å². The van der Waals surface area contributed by atoms with Crippen molar-refractivity contribution in [3.05, 3.63) is 34.2 Å². The average Bonchev–Trinajstić information content (AvgIpc) is 2.01. The number of ether oxygens (including phenoxy) is 1. The summed E-state index contributed by atoms with van der Waals surface area (Å²) >= 11 is 0. The minimum absolute atomic E-state index is 0.122. The monoisotopic (exact) mass is 166 g/mol. The number of nitrogens with one attached hydrogen (secondary N) is 1. The summed E-state index contributed by atoms with van der Waals surface area (Å²) in [6.07, 6.45) is 1.59. The van der Waals surface area contributed by atoms with Gasteiger partial charge in [0.2, 0.25) is 0 Å². The molecule has 4 heteroatoms. The highest BCUT2D eigenvalue weighted by Crippen LogP contribution is 2.22. The molecule has 1 aliphatic rings. The van der Waals surface area contributed by atoms with Crippen LogP contribution in [0.25, 0.3) is 0 Å². The summed E-state index contributed by atoms with van der Waals surface area (Å²) in [6.45, 7) is 0.861. The fourth-order valence-corrected chi connectivity index (χ4v) is 1.29. The molecule has 2 heterocycles. The molecule has 1 aromatic heterocycles. The largest absolute Gasteiger partial charge is 0.377 e. The van der Waals surface area contributed by atoms with E-state index >= 15 is 0 Å². The minimum atomic E-state index is -0.561. The third-order valence-electron chi connectivity index (χ3n) is 2.07. The van der Waals surface area contributed by atoms with Crippen LogP contribution in [0.1, 0.15) is 5.56 Å². The van der Waals surface area contributed by atoms with Crippen molar-refractivity contribution >= 4 is 0 Å². The summed E-state index contributed by atoms with van der Waals surface area (Å²) in [4.78, 5) is 13.9. The molecule has 0 unspecified atom stereocenters. The molecule has 1 fully saturated rings. The van der Waals surface area contributed by atoms with Crippen molar-refractivity contribution in [2.24, 2.45) is 5.73 Å². The predicted octanol–water partition coefficient (Wildman–Crippen LogP) is -0.441. The fourth-order valence-electron chi connectivity index (χ4n) is 1.29. The van der Waals surface area contributed by atoms with Crippen LogP contribution in [0.4, 0.5) is 0 Å². The number of aromatic amines is 1. The van der Waals surface area contributed by atoms with Crippen molar-refractivity contribution in [2.45, 2.75) is 5.54 Å². The van der Waals surface area contributed by atoms with Gasteiger partial charge in [0, 0.05) is 11.8 Å². The maximum absolute atomic E-state index is 11.3. The van der Waals surface area contributed by atoms with Gasteiger partial charge >= 0.3 is 0 Å². The van der Waals surface area contributed by atoms with E-state index in [0.29, 0.717) is 18.8 Å². The first-order chi connectivity index (χ1) is 5.72. The van der Waals surface area contributed by atoms with Gasteiger partial charge in [-0.3, -0.25) is 4.79 Å². The third-order valence-corrected chi connectivity index (χ3v) is 2.07. The first-order valence-corrected chi connectivity index (χ1v) is 3.77. The lowest BCUT2D eigenvalue weighted by molar-refractivity contribution is -0.0576. The fraction of sp³-hybridized carbons (Fsp3) is 0.375. The maximum atomic E-state index is 11.3. The lowest BCUT2D eigenvalue weighted by atomic mass is 9.90. The second-order valence-corrected chi connectivity index (χ2v) is 3.06. The van der Waals surface area contributed by atoms with Crippen LogP contribution in [0.15, 0.2) is 23.1 Å². The van der Waals surface area contributed by atoms with Crippen molar-refractivity contribution in [1.82, 2.24) is 4.98 Å². The zero-order valence-electron chi connectivity index (χ0n) is 6.54. The maximum Gasteiger partial charge on any atom is 0.253 e. The van der Waals surface area contributed by atoms with E-state index < -0.39 is 5.54 Å². The molecule has 4 nitrogen and oxygen atoms in total. The molecular weight excluding hydrogens is 156 g/mol. The van der Waals surface area contributed by atoms with Crippen molar-refractivity contribution in [3.8, 4) is 0 Å². The topological polar surface area (TPSA) is 68.1 Å². The molecule has 2 rings (SSSR count). The Balaban J connectivity index is 2.46. The average molecular weight is 166 g/mol. The van der Waals surface area contributed by atoms with E-state index in [9.17, 15) is 4.79 Å². The van der Waals surface area contributed by atoms with Crippen LogP contribution in [0, 0.1) is 0 Å². The molecule has 0 atom stereocenters. The van der Waals surface area contributed by atoms with Crippen LogP contribution in [-0.2, 0) is 10.3 Å². The molecule has 0 aliphatic carbocycles. The normalized spacial score (nSPS) is 20.1. The highest BCUT2D eigenvalue weighted by atomic mass is 16.5. The van der Waals surface area contributed by atoms with E-state index in [1.54, 1.807) is 18.3 Å². The number of H-pyrrole nitrogens is 1. The van der Waals surface area contributed by atoms with Crippen LogP contribution < -0.4 is 11.3 Å². The van der Waals surface area contributed by atoms with E-state index in [1.165, 1.54) is 0 Å². The van der Waals surface area contributed by atoms with E-state index in [1.807, 2.05) is 0 Å². The Morgan fingerprint density at radius 1 is 1.58 bits per heavy atom. The van der Waals surface area contributed by atoms with Gasteiger partial charge in [-0.25, -0.2) is 0 Å². The summed E-state index contributed by atoms with van der Waals surface area (Å²) in [6, 6.07) is 3.50. The van der Waals surface area contributed by atoms with Gasteiger partial charge in [0.05, 0.1) is 18.8 Å². The molecule has 3 N–H and O–H groups in total. The molecule has 1 aliphatic heterocycles. The molecule has 0 aromatic carbocycles. The quantitative estimate of drug-likeness (QED) is 0.594. The highest BCUT2D eigenvalue weighted by Gasteiger charge is 2.37. The number of pyridine rings is 1. The smallest absolute Gasteiger partial charge is 0.253 e. The zero-order chi connectivity index (χ0) is 8.60. The minimum Gasteiger partial charge on any atom is -0.377 e. The van der Waals surface area contributed by atoms with Gasteiger partial charge in [-0.05, 0) is 6.07 Å². The van der Waals surface area contributed by atoms with Crippen LogP contribution in [0.2, 0.25) is 0 Å². The lowest BCUT2D eigenvalue weighted by Crippen LogP contribution is -2.56. The Kier molecular flexibility index (Phi) is 1.52. The van der Waals surface area contributed by atoms with E-state index in [4.69, 9.17) is 10.5 Å². The van der Waals surface area contributed by atoms with Gasteiger partial charge in [-0.1, -0.05) is 6.07 Å². The Labute approximate surface area is 69.4 Å². The first kappa shape index (κ1) is 7.52. The summed E-state index contributed by atoms with van der Waals surface area (Å²) in [5.41, 5.74) is 5.80. The van der Waals surface area contributed by atoms with Gasteiger partial charge in [-0.15, -0.1) is 0 Å². The van der Waals surface area contributed by atoms with Crippen LogP contribution in [0.3, 0.4) is 0 Å².